The number of hydrogen-bond donors (Lipinski definition) is 3. The minimum atomic E-state index is -0.564. The predicted octanol–water partition coefficient (Wildman–Crippen LogP) is 3.25. The van der Waals surface area contributed by atoms with E-state index in [2.05, 4.69) is 0 Å². The Morgan fingerprint density at radius 2 is 1.84 bits per heavy atom. The summed E-state index contributed by atoms with van der Waals surface area (Å²) in [5.41, 5.74) is 7.36. The molecule has 1 saturated heterocycles. The van der Waals surface area contributed by atoms with E-state index in [-0.39, 0.29) is 17.5 Å². The van der Waals surface area contributed by atoms with Gasteiger partial charge in [0.05, 0.1) is 12.8 Å². The molecule has 0 radical (unpaired) electrons. The summed E-state index contributed by atoms with van der Waals surface area (Å²) in [4.78, 5) is 25.4. The van der Waals surface area contributed by atoms with Gasteiger partial charge in [-0.2, -0.15) is 0 Å². The summed E-state index contributed by atoms with van der Waals surface area (Å²) >= 11 is 0. The maximum absolute atomic E-state index is 12.0. The molecule has 0 aliphatic carbocycles. The van der Waals surface area contributed by atoms with Gasteiger partial charge in [-0.05, 0) is 54.5 Å². The molecule has 2 aromatic rings. The first-order valence-corrected chi connectivity index (χ1v) is 9.75. The van der Waals surface area contributed by atoms with Crippen LogP contribution in [0.3, 0.4) is 0 Å². The second kappa shape index (κ2) is 9.71. The molecule has 0 unspecified atom stereocenters. The van der Waals surface area contributed by atoms with Crippen LogP contribution in [0, 0.1) is 10.8 Å². The quantitative estimate of drug-likeness (QED) is 0.447. The zero-order chi connectivity index (χ0) is 22.4. The number of hydrogen-bond acceptors (Lipinski definition) is 6. The highest BCUT2D eigenvalue weighted by Gasteiger charge is 2.22. The van der Waals surface area contributed by atoms with E-state index in [1.807, 2.05) is 0 Å². The molecule has 1 aliphatic heterocycles. The molecule has 3 rings (SSSR count). The van der Waals surface area contributed by atoms with Crippen LogP contribution in [0.5, 0.6) is 11.5 Å². The average molecular weight is 420 g/mol. The Labute approximate surface area is 180 Å². The molecular weight excluding hydrogens is 396 g/mol. The molecule has 1 fully saturated rings. The number of carbonyl (C=O) groups excluding carboxylic acids is 2. The lowest BCUT2D eigenvalue weighted by Gasteiger charge is -2.19. The summed E-state index contributed by atoms with van der Waals surface area (Å²) < 4.78 is 10.7. The van der Waals surface area contributed by atoms with Gasteiger partial charge in [-0.3, -0.25) is 15.0 Å². The molecule has 1 heterocycles. The topological polar surface area (TPSA) is 130 Å². The number of nitrogens with one attached hydrogen (secondary N) is 2. The highest BCUT2D eigenvalue weighted by atomic mass is 16.5. The summed E-state index contributed by atoms with van der Waals surface area (Å²) in [5, 5.41) is 15.5. The molecular formula is C23H24N4O4. The zero-order valence-electron chi connectivity index (χ0n) is 17.2. The van der Waals surface area contributed by atoms with Crippen molar-refractivity contribution < 1.29 is 19.1 Å². The molecule has 8 heteroatoms. The first kappa shape index (κ1) is 21.8. The van der Waals surface area contributed by atoms with E-state index in [0.717, 1.165) is 12.0 Å². The van der Waals surface area contributed by atoms with Crippen LogP contribution in [-0.2, 0) is 16.1 Å². The number of rotatable bonds is 8. The predicted molar refractivity (Wildman–Crippen MR) is 117 cm³/mol. The van der Waals surface area contributed by atoms with E-state index in [0.29, 0.717) is 42.1 Å². The number of primary amides is 1. The van der Waals surface area contributed by atoms with E-state index in [4.69, 9.17) is 26.0 Å². The number of allylic oxidation sites excluding steroid dienone is 1. The summed E-state index contributed by atoms with van der Waals surface area (Å²) in [7, 11) is 1.39. The third-order valence-corrected chi connectivity index (χ3v) is 4.90. The molecule has 0 atom stereocenters. The Hall–Kier alpha value is -3.94. The van der Waals surface area contributed by atoms with Gasteiger partial charge in [0.25, 0.3) is 0 Å². The number of nitrogens with zero attached hydrogens (tertiary/aromatic N) is 1. The summed E-state index contributed by atoms with van der Waals surface area (Å²) in [6.07, 6.45) is 4.25. The van der Waals surface area contributed by atoms with E-state index < -0.39 is 5.91 Å². The largest absolute Gasteiger partial charge is 0.481 e. The van der Waals surface area contributed by atoms with Crippen LogP contribution in [0.25, 0.3) is 0 Å². The van der Waals surface area contributed by atoms with E-state index in [1.165, 1.54) is 19.3 Å². The van der Waals surface area contributed by atoms with Crippen molar-refractivity contribution in [3.63, 3.8) is 0 Å². The molecule has 0 spiro atoms. The number of likely N-dealkylation sites (tertiary alicyclic amines) is 1. The summed E-state index contributed by atoms with van der Waals surface area (Å²) in [6, 6.07) is 11.8. The van der Waals surface area contributed by atoms with E-state index >= 15 is 0 Å². The van der Waals surface area contributed by atoms with Crippen molar-refractivity contribution in [1.29, 1.82) is 10.8 Å². The van der Waals surface area contributed by atoms with Crippen molar-refractivity contribution in [2.45, 2.75) is 19.4 Å². The van der Waals surface area contributed by atoms with Gasteiger partial charge < -0.3 is 25.5 Å². The molecule has 2 amide bonds. The minimum absolute atomic E-state index is 0.0388. The Bertz CT molecular complexity index is 1040. The second-order valence-corrected chi connectivity index (χ2v) is 7.05. The highest BCUT2D eigenvalue weighted by molar-refractivity contribution is 6.09. The molecule has 8 nitrogen and oxygen atoms in total. The molecule has 0 aromatic heterocycles. The maximum atomic E-state index is 12.0. The third kappa shape index (κ3) is 5.57. The van der Waals surface area contributed by atoms with Crippen LogP contribution >= 0.6 is 0 Å². The van der Waals surface area contributed by atoms with Crippen LogP contribution < -0.4 is 10.5 Å². The van der Waals surface area contributed by atoms with Gasteiger partial charge in [0, 0.05) is 36.7 Å². The van der Waals surface area contributed by atoms with Crippen molar-refractivity contribution in [1.82, 2.24) is 4.90 Å². The lowest BCUT2D eigenvalue weighted by molar-refractivity contribution is -0.128. The Balaban J connectivity index is 1.80. The Morgan fingerprint density at radius 3 is 2.45 bits per heavy atom. The maximum Gasteiger partial charge on any atom is 0.248 e. The number of benzene rings is 2. The molecule has 2 aromatic carbocycles. The lowest BCUT2D eigenvalue weighted by atomic mass is 10.1. The average Bonchev–Trinajstić information content (AvgIpc) is 3.17. The summed E-state index contributed by atoms with van der Waals surface area (Å²) in [6.45, 7) is 1.09. The van der Waals surface area contributed by atoms with Gasteiger partial charge in [0.2, 0.25) is 17.7 Å². The Morgan fingerprint density at radius 1 is 1.13 bits per heavy atom. The van der Waals surface area contributed by atoms with Crippen LogP contribution in [0.2, 0.25) is 0 Å². The first-order chi connectivity index (χ1) is 14.9. The zero-order valence-corrected chi connectivity index (χ0v) is 17.2. The first-order valence-electron chi connectivity index (χ1n) is 9.75. The minimum Gasteiger partial charge on any atom is -0.481 e. The smallest absolute Gasteiger partial charge is 0.248 e. The fraction of sp³-hybridized carbons (Fsp3) is 0.217. The van der Waals surface area contributed by atoms with Gasteiger partial charge in [0.1, 0.15) is 11.5 Å². The van der Waals surface area contributed by atoms with Crippen LogP contribution in [0.4, 0.5) is 0 Å². The number of ether oxygens (including phenoxy) is 2. The van der Waals surface area contributed by atoms with Crippen LogP contribution in [-0.4, -0.2) is 42.0 Å². The fourth-order valence-corrected chi connectivity index (χ4v) is 3.16. The SMILES string of the molecule is COC(=N)/C=C\C(=N)c1ccc(Oc2cc(C(N)=O)ccc2CN2CCCC2=O)cc1. The van der Waals surface area contributed by atoms with E-state index in [9.17, 15) is 9.59 Å². The standard InChI is InChI=1S/C23H24N4O4/c1-30-21(25)11-10-19(24)15-6-8-18(9-7-15)31-20-13-16(23(26)29)4-5-17(20)14-27-12-2-3-22(27)28/h4-11,13,24-25H,2-3,12,14H2,1H3,(H2,26,29)/b11-10-,24-19?,25-21?. The number of methoxy groups -OCH3 is 1. The normalized spacial score (nSPS) is 13.5. The molecule has 160 valence electrons. The fourth-order valence-electron chi connectivity index (χ4n) is 3.16. The van der Waals surface area contributed by atoms with Crippen molar-refractivity contribution in [2.75, 3.05) is 13.7 Å². The van der Waals surface area contributed by atoms with Crippen molar-refractivity contribution >= 4 is 23.4 Å². The van der Waals surface area contributed by atoms with Gasteiger partial charge in [-0.25, -0.2) is 0 Å². The van der Waals surface area contributed by atoms with Gasteiger partial charge >= 0.3 is 0 Å². The van der Waals surface area contributed by atoms with Gasteiger partial charge in [-0.15, -0.1) is 0 Å². The number of nitrogens with two attached hydrogens (primary N) is 1. The van der Waals surface area contributed by atoms with E-state index in [1.54, 1.807) is 47.4 Å². The lowest BCUT2D eigenvalue weighted by Crippen LogP contribution is -2.24. The van der Waals surface area contributed by atoms with Crippen molar-refractivity contribution in [2.24, 2.45) is 5.73 Å². The van der Waals surface area contributed by atoms with Crippen LogP contribution in [0.15, 0.2) is 54.6 Å². The van der Waals surface area contributed by atoms with Crippen molar-refractivity contribution in [3.05, 3.63) is 71.3 Å². The highest BCUT2D eigenvalue weighted by Crippen LogP contribution is 2.29. The number of carbonyl (C=O) groups is 2. The second-order valence-electron chi connectivity index (χ2n) is 7.05. The van der Waals surface area contributed by atoms with Crippen molar-refractivity contribution in [3.8, 4) is 11.5 Å². The molecule has 0 saturated carbocycles. The molecule has 0 bridgehead atoms. The Kier molecular flexibility index (Phi) is 6.81. The van der Waals surface area contributed by atoms with Gasteiger partial charge in [0.15, 0.2) is 0 Å². The third-order valence-electron chi connectivity index (χ3n) is 4.90. The molecule has 31 heavy (non-hydrogen) atoms. The van der Waals surface area contributed by atoms with Gasteiger partial charge in [-0.1, -0.05) is 6.07 Å². The molecule has 4 N–H and O–H groups in total. The number of amides is 2. The van der Waals surface area contributed by atoms with Crippen LogP contribution in [0.1, 0.15) is 34.3 Å². The monoisotopic (exact) mass is 420 g/mol. The summed E-state index contributed by atoms with van der Waals surface area (Å²) in [5.74, 6) is 0.462. The molecule has 1 aliphatic rings.